The molecule has 0 fully saturated rings. The fraction of sp³-hybridized carbons (Fsp3) is 0.667. The molecule has 0 aliphatic heterocycles. The van der Waals surface area contributed by atoms with Crippen molar-refractivity contribution in [3.63, 3.8) is 0 Å². The molecule has 0 aromatic rings. The van der Waals surface area contributed by atoms with Crippen LogP contribution in [0.2, 0.25) is 0 Å². The van der Waals surface area contributed by atoms with Gasteiger partial charge in [-0.15, -0.1) is 12.4 Å². The molecular formula is C3H9ClN2O. The summed E-state index contributed by atoms with van der Waals surface area (Å²) in [4.78, 5) is 9.89. The van der Waals surface area contributed by atoms with Crippen LogP contribution in [0.3, 0.4) is 0 Å². The Morgan fingerprint density at radius 1 is 1.57 bits per heavy atom. The normalized spacial score (nSPS) is 8.00. The van der Waals surface area contributed by atoms with Crippen molar-refractivity contribution in [1.29, 1.82) is 0 Å². The Kier molecular flexibility index (Phi) is 5.78. The van der Waals surface area contributed by atoms with Gasteiger partial charge in [-0.25, -0.2) is 0 Å². The monoisotopic (exact) mass is 124 g/mol. The number of halogens is 1. The summed E-state index contributed by atoms with van der Waals surface area (Å²) in [5, 5.41) is 0. The summed E-state index contributed by atoms with van der Waals surface area (Å²) in [6.45, 7) is 1.35. The van der Waals surface area contributed by atoms with Gasteiger partial charge in [0.2, 0.25) is 0 Å². The number of hydrogen-bond donors (Lipinski definition) is 2. The molecule has 0 bridgehead atoms. The molecule has 0 saturated carbocycles. The number of nitrogens with two attached hydrogens (primary N) is 2. The molecule has 4 N–H and O–H groups in total. The van der Waals surface area contributed by atoms with Gasteiger partial charge in [0.15, 0.2) is 5.78 Å². The van der Waals surface area contributed by atoms with E-state index in [1.165, 1.54) is 6.92 Å². The molecule has 0 aromatic carbocycles. The van der Waals surface area contributed by atoms with E-state index in [1.54, 1.807) is 0 Å². The van der Waals surface area contributed by atoms with E-state index in [4.69, 9.17) is 11.5 Å². The fourth-order valence-electron chi connectivity index (χ4n) is 0. The maximum atomic E-state index is 9.89. The van der Waals surface area contributed by atoms with E-state index in [0.717, 1.165) is 0 Å². The largest absolute Gasteiger partial charge is 0.310 e. The zero-order valence-corrected chi connectivity index (χ0v) is 4.87. The fourth-order valence-corrected chi connectivity index (χ4v) is 0. The van der Waals surface area contributed by atoms with Crippen LogP contribution in [0.25, 0.3) is 0 Å². The van der Waals surface area contributed by atoms with Crippen LogP contribution in [-0.4, -0.2) is 11.9 Å². The first-order valence-corrected chi connectivity index (χ1v) is 1.66. The van der Waals surface area contributed by atoms with Crippen molar-refractivity contribution in [3.05, 3.63) is 0 Å². The second-order valence-corrected chi connectivity index (χ2v) is 1.14. The molecule has 0 heterocycles. The first kappa shape index (κ1) is 9.99. The smallest absolute Gasteiger partial charge is 0.160 e. The summed E-state index contributed by atoms with van der Waals surface area (Å²) in [6, 6.07) is 0. The third-order valence-corrected chi connectivity index (χ3v) is 0.469. The van der Waals surface area contributed by atoms with Gasteiger partial charge in [0, 0.05) is 0 Å². The predicted molar refractivity (Wildman–Crippen MR) is 30.1 cm³/mol. The van der Waals surface area contributed by atoms with E-state index >= 15 is 0 Å². The Hall–Kier alpha value is -0.120. The molecule has 7 heavy (non-hydrogen) atoms. The number of carbonyl (C=O) groups excluding carboxylic acids is 1. The molecule has 3 nitrogen and oxygen atoms in total. The molecule has 0 unspecified atom stereocenters. The van der Waals surface area contributed by atoms with Crippen molar-refractivity contribution < 1.29 is 4.79 Å². The van der Waals surface area contributed by atoms with Gasteiger partial charge >= 0.3 is 0 Å². The van der Waals surface area contributed by atoms with Gasteiger partial charge in [-0.1, -0.05) is 0 Å². The molecule has 0 spiro atoms. The summed E-state index contributed by atoms with van der Waals surface area (Å²) in [6.07, 6.45) is -0.787. The van der Waals surface area contributed by atoms with E-state index in [9.17, 15) is 4.79 Å². The van der Waals surface area contributed by atoms with Crippen LogP contribution in [0, 0.1) is 0 Å². The Bertz CT molecular complexity index is 64.0. The highest BCUT2D eigenvalue weighted by molar-refractivity contribution is 5.85. The van der Waals surface area contributed by atoms with E-state index in [2.05, 4.69) is 0 Å². The standard InChI is InChI=1S/C3H8N2O.ClH/c1-2(6)3(4)5;/h3H,4-5H2,1H3;1H. The first-order chi connectivity index (χ1) is 2.64. The van der Waals surface area contributed by atoms with Gasteiger partial charge in [-0.3, -0.25) is 4.79 Å². The van der Waals surface area contributed by atoms with Crippen molar-refractivity contribution in [2.75, 3.05) is 0 Å². The van der Waals surface area contributed by atoms with Crippen molar-refractivity contribution >= 4 is 18.2 Å². The molecular weight excluding hydrogens is 115 g/mol. The summed E-state index contributed by atoms with van der Waals surface area (Å²) in [7, 11) is 0. The molecule has 0 aromatic heterocycles. The van der Waals surface area contributed by atoms with Crippen molar-refractivity contribution in [2.24, 2.45) is 11.5 Å². The molecule has 0 aliphatic rings. The van der Waals surface area contributed by atoms with Crippen molar-refractivity contribution in [2.45, 2.75) is 13.1 Å². The van der Waals surface area contributed by atoms with Gasteiger partial charge < -0.3 is 11.5 Å². The second-order valence-electron chi connectivity index (χ2n) is 1.14. The van der Waals surface area contributed by atoms with Gasteiger partial charge in [0.25, 0.3) is 0 Å². The van der Waals surface area contributed by atoms with E-state index in [0.29, 0.717) is 0 Å². The molecule has 0 amide bonds. The van der Waals surface area contributed by atoms with Gasteiger partial charge in [-0.05, 0) is 6.92 Å². The quantitative estimate of drug-likeness (QED) is 0.452. The maximum Gasteiger partial charge on any atom is 0.160 e. The molecule has 4 heteroatoms. The summed E-state index contributed by atoms with van der Waals surface area (Å²) >= 11 is 0. The van der Waals surface area contributed by atoms with Gasteiger partial charge in [-0.2, -0.15) is 0 Å². The predicted octanol–water partition coefficient (Wildman–Crippen LogP) is -0.759. The van der Waals surface area contributed by atoms with Crippen LogP contribution < -0.4 is 11.5 Å². The van der Waals surface area contributed by atoms with Gasteiger partial charge in [0.1, 0.15) is 6.17 Å². The Morgan fingerprint density at radius 2 is 1.71 bits per heavy atom. The minimum Gasteiger partial charge on any atom is -0.310 e. The highest BCUT2D eigenvalue weighted by Crippen LogP contribution is 1.62. The number of ketones is 1. The third kappa shape index (κ3) is 5.88. The summed E-state index contributed by atoms with van der Waals surface area (Å²) in [5.41, 5.74) is 9.73. The lowest BCUT2D eigenvalue weighted by atomic mass is 10.4. The van der Waals surface area contributed by atoms with E-state index in [-0.39, 0.29) is 18.2 Å². The average molecular weight is 125 g/mol. The summed E-state index contributed by atoms with van der Waals surface area (Å²) < 4.78 is 0. The van der Waals surface area contributed by atoms with E-state index in [1.807, 2.05) is 0 Å². The zero-order valence-electron chi connectivity index (χ0n) is 4.05. The molecule has 0 aliphatic carbocycles. The third-order valence-electron chi connectivity index (χ3n) is 0.469. The molecule has 44 valence electrons. The lowest BCUT2D eigenvalue weighted by Crippen LogP contribution is -2.37. The second kappa shape index (κ2) is 4.05. The van der Waals surface area contributed by atoms with Crippen LogP contribution >= 0.6 is 12.4 Å². The van der Waals surface area contributed by atoms with Crippen LogP contribution in [0.15, 0.2) is 0 Å². The topological polar surface area (TPSA) is 69.1 Å². The minimum atomic E-state index is -0.787. The van der Waals surface area contributed by atoms with Crippen LogP contribution in [0.4, 0.5) is 0 Å². The van der Waals surface area contributed by atoms with Crippen LogP contribution in [0.1, 0.15) is 6.92 Å². The first-order valence-electron chi connectivity index (χ1n) is 1.66. The van der Waals surface area contributed by atoms with Crippen molar-refractivity contribution in [1.82, 2.24) is 0 Å². The Labute approximate surface area is 48.5 Å². The van der Waals surface area contributed by atoms with Gasteiger partial charge in [0.05, 0.1) is 0 Å². The number of hydrogen-bond acceptors (Lipinski definition) is 3. The molecule has 0 rings (SSSR count). The highest BCUT2D eigenvalue weighted by Gasteiger charge is 1.95. The Morgan fingerprint density at radius 3 is 1.71 bits per heavy atom. The lowest BCUT2D eigenvalue weighted by molar-refractivity contribution is -0.118. The Balaban J connectivity index is 0. The zero-order chi connectivity index (χ0) is 5.15. The number of carbonyl (C=O) groups is 1. The minimum absolute atomic E-state index is 0. The SMILES string of the molecule is CC(=O)C(N)N.Cl. The number of Topliss-reactive ketones (excluding diaryl/α,β-unsaturated/α-hetero) is 1. The van der Waals surface area contributed by atoms with E-state index < -0.39 is 6.17 Å². The summed E-state index contributed by atoms with van der Waals surface area (Å²) in [5.74, 6) is -0.185. The van der Waals surface area contributed by atoms with Crippen molar-refractivity contribution in [3.8, 4) is 0 Å². The molecule has 0 saturated heterocycles. The highest BCUT2D eigenvalue weighted by atomic mass is 35.5. The maximum absolute atomic E-state index is 9.89. The van der Waals surface area contributed by atoms with Crippen LogP contribution in [-0.2, 0) is 4.79 Å². The number of rotatable bonds is 1. The van der Waals surface area contributed by atoms with Crippen LogP contribution in [0.5, 0.6) is 0 Å². The lowest BCUT2D eigenvalue weighted by Gasteiger charge is -1.92. The molecule has 0 atom stereocenters. The molecule has 0 radical (unpaired) electrons. The average Bonchev–Trinajstić information content (AvgIpc) is 1.36.